The lowest BCUT2D eigenvalue weighted by Gasteiger charge is -2.13. The van der Waals surface area contributed by atoms with Crippen LogP contribution in [0.1, 0.15) is 56.7 Å². The first-order valence-corrected chi connectivity index (χ1v) is 7.15. The maximum absolute atomic E-state index is 13.0. The van der Waals surface area contributed by atoms with Crippen molar-refractivity contribution < 1.29 is 4.39 Å². The predicted octanol–water partition coefficient (Wildman–Crippen LogP) is 3.90. The summed E-state index contributed by atoms with van der Waals surface area (Å²) in [4.78, 5) is 6.53. The Bertz CT molecular complexity index is 379. The van der Waals surface area contributed by atoms with E-state index >= 15 is 0 Å². The van der Waals surface area contributed by atoms with Crippen molar-refractivity contribution in [1.29, 1.82) is 0 Å². The van der Waals surface area contributed by atoms with Gasteiger partial charge in [0.25, 0.3) is 0 Å². The Morgan fingerprint density at radius 3 is 2.78 bits per heavy atom. The summed E-state index contributed by atoms with van der Waals surface area (Å²) in [5.41, 5.74) is 2.13. The molecule has 3 heteroatoms. The predicted molar refractivity (Wildman–Crippen MR) is 71.7 cm³/mol. The van der Waals surface area contributed by atoms with Gasteiger partial charge in [-0.2, -0.15) is 0 Å². The molecule has 2 nitrogen and oxygen atoms in total. The third kappa shape index (κ3) is 3.77. The van der Waals surface area contributed by atoms with Gasteiger partial charge in [-0.15, -0.1) is 0 Å². The Morgan fingerprint density at radius 2 is 1.94 bits per heavy atom. The van der Waals surface area contributed by atoms with Gasteiger partial charge in [-0.3, -0.25) is 9.88 Å². The molecule has 0 saturated heterocycles. The summed E-state index contributed by atoms with van der Waals surface area (Å²) in [5.74, 6) is -0.213. The Balaban J connectivity index is 1.65. The Morgan fingerprint density at radius 1 is 1.17 bits per heavy atom. The Labute approximate surface area is 109 Å². The van der Waals surface area contributed by atoms with Crippen LogP contribution in [0.4, 0.5) is 4.39 Å². The fraction of sp³-hybridized carbons (Fsp3) is 0.667. The average Bonchev–Trinajstić information content (AvgIpc) is 2.75. The fourth-order valence-corrected chi connectivity index (χ4v) is 2.57. The summed E-state index contributed by atoms with van der Waals surface area (Å²) in [5, 5.41) is 0. The maximum atomic E-state index is 13.0. The van der Waals surface area contributed by atoms with Crippen molar-refractivity contribution in [2.75, 3.05) is 6.54 Å². The molecular formula is C15H23FN2. The molecule has 0 aromatic carbocycles. The third-order valence-electron chi connectivity index (χ3n) is 3.62. The zero-order chi connectivity index (χ0) is 12.8. The van der Waals surface area contributed by atoms with Crippen LogP contribution in [0.5, 0.6) is 0 Å². The maximum Gasteiger partial charge on any atom is 0.141 e. The zero-order valence-electron chi connectivity index (χ0n) is 11.3. The highest BCUT2D eigenvalue weighted by atomic mass is 19.1. The van der Waals surface area contributed by atoms with Gasteiger partial charge >= 0.3 is 0 Å². The Hall–Kier alpha value is -0.960. The topological polar surface area (TPSA) is 16.1 Å². The van der Waals surface area contributed by atoms with Crippen molar-refractivity contribution in [3.63, 3.8) is 0 Å². The van der Waals surface area contributed by atoms with E-state index in [-0.39, 0.29) is 5.82 Å². The molecule has 0 aliphatic carbocycles. The van der Waals surface area contributed by atoms with Gasteiger partial charge in [-0.1, -0.05) is 39.0 Å². The molecule has 0 spiro atoms. The molecule has 0 atom stereocenters. The highest BCUT2D eigenvalue weighted by molar-refractivity contribution is 5.24. The largest absolute Gasteiger partial charge is 0.293 e. The molecule has 0 N–H and O–H groups in total. The van der Waals surface area contributed by atoms with Gasteiger partial charge < -0.3 is 0 Å². The van der Waals surface area contributed by atoms with Gasteiger partial charge in [-0.25, -0.2) is 4.39 Å². The smallest absolute Gasteiger partial charge is 0.141 e. The summed E-state index contributed by atoms with van der Waals surface area (Å²) < 4.78 is 13.0. The van der Waals surface area contributed by atoms with E-state index in [9.17, 15) is 4.39 Å². The summed E-state index contributed by atoms with van der Waals surface area (Å²) in [7, 11) is 0. The lowest BCUT2D eigenvalue weighted by atomic mass is 10.1. The first-order valence-electron chi connectivity index (χ1n) is 7.15. The van der Waals surface area contributed by atoms with Crippen LogP contribution in [0, 0.1) is 5.82 Å². The van der Waals surface area contributed by atoms with Crippen LogP contribution in [0.3, 0.4) is 0 Å². The van der Waals surface area contributed by atoms with Gasteiger partial charge in [0, 0.05) is 13.1 Å². The molecule has 1 aromatic rings. The molecule has 1 aliphatic heterocycles. The second kappa shape index (κ2) is 6.83. The second-order valence-corrected chi connectivity index (χ2v) is 5.24. The van der Waals surface area contributed by atoms with Gasteiger partial charge in [0.2, 0.25) is 0 Å². The lowest BCUT2D eigenvalue weighted by Crippen LogP contribution is -2.17. The number of hydrogen-bond donors (Lipinski definition) is 0. The van der Waals surface area contributed by atoms with Crippen LogP contribution in [0.15, 0.2) is 12.3 Å². The van der Waals surface area contributed by atoms with Gasteiger partial charge in [-0.05, 0) is 24.6 Å². The van der Waals surface area contributed by atoms with E-state index < -0.39 is 0 Å². The van der Waals surface area contributed by atoms with E-state index in [0.717, 1.165) is 30.9 Å². The number of rotatable bonds is 7. The second-order valence-electron chi connectivity index (χ2n) is 5.24. The van der Waals surface area contributed by atoms with Gasteiger partial charge in [0.1, 0.15) is 5.82 Å². The highest BCUT2D eigenvalue weighted by Crippen LogP contribution is 2.21. The van der Waals surface area contributed by atoms with Crippen molar-refractivity contribution in [2.45, 2.75) is 58.5 Å². The standard InChI is InChI=1S/C15H23FN2/c1-2-3-4-5-6-7-8-18-11-13-9-14(16)10-17-15(13)12-18/h9-10H,2-8,11-12H2,1H3. The first-order chi connectivity index (χ1) is 8.79. The number of nitrogens with zero attached hydrogens (tertiary/aromatic N) is 2. The third-order valence-corrected chi connectivity index (χ3v) is 3.62. The summed E-state index contributed by atoms with van der Waals surface area (Å²) in [6.45, 7) is 5.12. The average molecular weight is 250 g/mol. The molecule has 1 aliphatic rings. The van der Waals surface area contributed by atoms with Crippen LogP contribution < -0.4 is 0 Å². The molecule has 0 amide bonds. The molecule has 0 saturated carbocycles. The molecular weight excluding hydrogens is 227 g/mol. The van der Waals surface area contributed by atoms with Crippen molar-refractivity contribution in [1.82, 2.24) is 9.88 Å². The first kappa shape index (κ1) is 13.5. The Kier molecular flexibility index (Phi) is 5.12. The fourth-order valence-electron chi connectivity index (χ4n) is 2.57. The molecule has 0 radical (unpaired) electrons. The number of hydrogen-bond acceptors (Lipinski definition) is 2. The summed E-state index contributed by atoms with van der Waals surface area (Å²) in [6, 6.07) is 1.63. The minimum Gasteiger partial charge on any atom is -0.293 e. The van der Waals surface area contributed by atoms with Crippen molar-refractivity contribution in [2.24, 2.45) is 0 Å². The minimum atomic E-state index is -0.213. The monoisotopic (exact) mass is 250 g/mol. The van der Waals surface area contributed by atoms with Crippen molar-refractivity contribution in [3.8, 4) is 0 Å². The van der Waals surface area contributed by atoms with E-state index in [2.05, 4.69) is 16.8 Å². The van der Waals surface area contributed by atoms with E-state index in [1.54, 1.807) is 6.07 Å². The van der Waals surface area contributed by atoms with Crippen LogP contribution in [0.2, 0.25) is 0 Å². The summed E-state index contributed by atoms with van der Waals surface area (Å²) in [6.07, 6.45) is 9.27. The van der Waals surface area contributed by atoms with Crippen molar-refractivity contribution in [3.05, 3.63) is 29.3 Å². The summed E-state index contributed by atoms with van der Waals surface area (Å²) >= 11 is 0. The van der Waals surface area contributed by atoms with E-state index in [1.807, 2.05) is 0 Å². The number of fused-ring (bicyclic) bond motifs is 1. The minimum absolute atomic E-state index is 0.213. The normalized spacial score (nSPS) is 15.0. The number of unbranched alkanes of at least 4 members (excludes halogenated alkanes) is 5. The van der Waals surface area contributed by atoms with Crippen LogP contribution in [-0.4, -0.2) is 16.4 Å². The zero-order valence-corrected chi connectivity index (χ0v) is 11.3. The van der Waals surface area contributed by atoms with E-state index in [4.69, 9.17) is 0 Å². The van der Waals surface area contributed by atoms with Crippen LogP contribution >= 0.6 is 0 Å². The number of pyridine rings is 1. The number of aromatic nitrogens is 1. The molecule has 0 fully saturated rings. The molecule has 1 aromatic heterocycles. The lowest BCUT2D eigenvalue weighted by molar-refractivity contribution is 0.275. The van der Waals surface area contributed by atoms with E-state index in [0.29, 0.717) is 0 Å². The van der Waals surface area contributed by atoms with E-state index in [1.165, 1.54) is 44.7 Å². The van der Waals surface area contributed by atoms with Gasteiger partial charge in [0.15, 0.2) is 0 Å². The van der Waals surface area contributed by atoms with Crippen LogP contribution in [0.25, 0.3) is 0 Å². The molecule has 100 valence electrons. The molecule has 0 bridgehead atoms. The van der Waals surface area contributed by atoms with Crippen LogP contribution in [-0.2, 0) is 13.1 Å². The highest BCUT2D eigenvalue weighted by Gasteiger charge is 2.19. The molecule has 2 rings (SSSR count). The number of halogens is 1. The molecule has 0 unspecified atom stereocenters. The van der Waals surface area contributed by atoms with Crippen molar-refractivity contribution >= 4 is 0 Å². The quantitative estimate of drug-likeness (QED) is 0.682. The molecule has 18 heavy (non-hydrogen) atoms. The van der Waals surface area contributed by atoms with Gasteiger partial charge in [0.05, 0.1) is 11.9 Å². The molecule has 2 heterocycles. The SMILES string of the molecule is CCCCCCCCN1Cc2cc(F)cnc2C1.